The summed E-state index contributed by atoms with van der Waals surface area (Å²) in [5.41, 5.74) is 2.54. The number of benzene rings is 1. The lowest BCUT2D eigenvalue weighted by Gasteiger charge is -2.30. The van der Waals surface area contributed by atoms with Gasteiger partial charge in [0, 0.05) is 6.61 Å². The minimum absolute atomic E-state index is 0.858. The smallest absolute Gasteiger partial charge is 0.398 e. The predicted octanol–water partition coefficient (Wildman–Crippen LogP) is 9.27. The lowest BCUT2D eigenvalue weighted by molar-refractivity contribution is 0.230. The molecule has 0 unspecified atom stereocenters. The van der Waals surface area contributed by atoms with Crippen LogP contribution in [0.25, 0.3) is 0 Å². The molecule has 1 rings (SSSR count). The molecule has 0 bridgehead atoms. The standard InChI is InChI=1S/C27H50O2Si/c1-6-9-10-11-12-13-14-15-16-17-18-19-20-24-28-30(7-2,8-3)29-27-23-21-22-25(4)26(27)5/h21-23H,6-20,24H2,1-5H3. The molecule has 0 aliphatic carbocycles. The third-order valence-corrected chi connectivity index (χ3v) is 10.0. The molecule has 0 saturated heterocycles. The van der Waals surface area contributed by atoms with E-state index < -0.39 is 8.56 Å². The second kappa shape index (κ2) is 16.8. The van der Waals surface area contributed by atoms with Gasteiger partial charge in [-0.05, 0) is 49.5 Å². The summed E-state index contributed by atoms with van der Waals surface area (Å²) in [5.74, 6) is 1.02. The number of rotatable bonds is 19. The Balaban J connectivity index is 2.14. The van der Waals surface area contributed by atoms with Crippen LogP contribution in [-0.2, 0) is 4.43 Å². The zero-order chi connectivity index (χ0) is 22.1. The van der Waals surface area contributed by atoms with Crippen LogP contribution in [0.1, 0.15) is 115 Å². The van der Waals surface area contributed by atoms with Crippen molar-refractivity contribution in [1.29, 1.82) is 0 Å². The molecule has 30 heavy (non-hydrogen) atoms. The topological polar surface area (TPSA) is 18.5 Å². The van der Waals surface area contributed by atoms with E-state index in [4.69, 9.17) is 8.85 Å². The summed E-state index contributed by atoms with van der Waals surface area (Å²) in [6, 6.07) is 8.36. The molecule has 1 aromatic carbocycles. The van der Waals surface area contributed by atoms with E-state index in [1.54, 1.807) is 0 Å². The van der Waals surface area contributed by atoms with Crippen molar-refractivity contribution < 1.29 is 8.85 Å². The average Bonchev–Trinajstić information content (AvgIpc) is 2.76. The maximum Gasteiger partial charge on any atom is 0.398 e. The summed E-state index contributed by atoms with van der Waals surface area (Å²) in [6.07, 6.45) is 18.0. The summed E-state index contributed by atoms with van der Waals surface area (Å²) in [7, 11) is -2.14. The van der Waals surface area contributed by atoms with Gasteiger partial charge in [0.1, 0.15) is 5.75 Å². The Morgan fingerprint density at radius 3 is 1.67 bits per heavy atom. The van der Waals surface area contributed by atoms with Gasteiger partial charge in [0.25, 0.3) is 0 Å². The average molecular weight is 435 g/mol. The van der Waals surface area contributed by atoms with Gasteiger partial charge in [-0.2, -0.15) is 0 Å². The van der Waals surface area contributed by atoms with Crippen LogP contribution in [0.4, 0.5) is 0 Å². The van der Waals surface area contributed by atoms with Crippen LogP contribution in [0.2, 0.25) is 12.1 Å². The first-order valence-electron chi connectivity index (χ1n) is 13.0. The fraction of sp³-hybridized carbons (Fsp3) is 0.778. The first-order chi connectivity index (χ1) is 14.6. The minimum Gasteiger partial charge on any atom is -0.520 e. The molecule has 0 spiro atoms. The van der Waals surface area contributed by atoms with E-state index in [1.807, 2.05) is 0 Å². The van der Waals surface area contributed by atoms with Crippen LogP contribution in [0, 0.1) is 13.8 Å². The third-order valence-electron chi connectivity index (χ3n) is 6.54. The molecule has 0 aliphatic heterocycles. The van der Waals surface area contributed by atoms with Gasteiger partial charge in [-0.25, -0.2) is 0 Å². The van der Waals surface area contributed by atoms with Crippen molar-refractivity contribution >= 4 is 8.56 Å². The second-order valence-electron chi connectivity index (χ2n) is 9.01. The highest BCUT2D eigenvalue weighted by Crippen LogP contribution is 2.28. The van der Waals surface area contributed by atoms with Crippen LogP contribution in [0.15, 0.2) is 18.2 Å². The molecule has 0 atom stereocenters. The Hall–Kier alpha value is -0.803. The van der Waals surface area contributed by atoms with E-state index in [0.29, 0.717) is 0 Å². The van der Waals surface area contributed by atoms with E-state index in [-0.39, 0.29) is 0 Å². The predicted molar refractivity (Wildman–Crippen MR) is 135 cm³/mol. The molecular weight excluding hydrogens is 384 g/mol. The third kappa shape index (κ3) is 11.0. The molecule has 0 radical (unpaired) electrons. The highest BCUT2D eigenvalue weighted by molar-refractivity contribution is 6.68. The van der Waals surface area contributed by atoms with E-state index >= 15 is 0 Å². The Kier molecular flexibility index (Phi) is 15.3. The molecule has 1 aromatic rings. The lowest BCUT2D eigenvalue weighted by Crippen LogP contribution is -2.44. The van der Waals surface area contributed by atoms with Crippen molar-refractivity contribution in [2.75, 3.05) is 6.61 Å². The van der Waals surface area contributed by atoms with E-state index in [2.05, 4.69) is 52.8 Å². The fourth-order valence-corrected chi connectivity index (χ4v) is 6.44. The van der Waals surface area contributed by atoms with Gasteiger partial charge < -0.3 is 8.85 Å². The van der Waals surface area contributed by atoms with Gasteiger partial charge in [0.05, 0.1) is 0 Å². The monoisotopic (exact) mass is 434 g/mol. The molecule has 2 nitrogen and oxygen atoms in total. The number of hydrogen-bond donors (Lipinski definition) is 0. The van der Waals surface area contributed by atoms with Gasteiger partial charge in [0.2, 0.25) is 0 Å². The van der Waals surface area contributed by atoms with Crippen molar-refractivity contribution in [3.05, 3.63) is 29.3 Å². The van der Waals surface area contributed by atoms with Crippen molar-refractivity contribution in [2.45, 2.75) is 130 Å². The van der Waals surface area contributed by atoms with Crippen molar-refractivity contribution in [1.82, 2.24) is 0 Å². The molecule has 0 aromatic heterocycles. The SMILES string of the molecule is CCCCCCCCCCCCCCCO[Si](CC)(CC)Oc1cccc(C)c1C. The van der Waals surface area contributed by atoms with E-state index in [0.717, 1.165) is 24.4 Å². The van der Waals surface area contributed by atoms with Crippen LogP contribution < -0.4 is 4.43 Å². The second-order valence-corrected chi connectivity index (χ2v) is 12.7. The number of hydrogen-bond acceptors (Lipinski definition) is 2. The number of aryl methyl sites for hydroxylation is 1. The molecule has 174 valence electrons. The van der Waals surface area contributed by atoms with Gasteiger partial charge in [-0.1, -0.05) is 110 Å². The van der Waals surface area contributed by atoms with Gasteiger partial charge >= 0.3 is 8.56 Å². The molecule has 3 heteroatoms. The molecule has 0 N–H and O–H groups in total. The summed E-state index contributed by atoms with van der Waals surface area (Å²) in [4.78, 5) is 0. The quantitative estimate of drug-likeness (QED) is 0.159. The van der Waals surface area contributed by atoms with Crippen molar-refractivity contribution in [3.8, 4) is 5.75 Å². The maximum absolute atomic E-state index is 6.54. The minimum atomic E-state index is -2.14. The number of unbranched alkanes of at least 4 members (excludes halogenated alkanes) is 12. The summed E-state index contributed by atoms with van der Waals surface area (Å²) < 4.78 is 13.0. The maximum atomic E-state index is 6.54. The van der Waals surface area contributed by atoms with Gasteiger partial charge in [-0.3, -0.25) is 0 Å². The summed E-state index contributed by atoms with van der Waals surface area (Å²) in [6.45, 7) is 11.9. The van der Waals surface area contributed by atoms with E-state index in [9.17, 15) is 0 Å². The molecule has 0 aliphatic rings. The molecule has 0 heterocycles. The highest BCUT2D eigenvalue weighted by Gasteiger charge is 2.36. The normalized spacial score (nSPS) is 11.8. The molecule has 0 amide bonds. The summed E-state index contributed by atoms with van der Waals surface area (Å²) >= 11 is 0. The Morgan fingerprint density at radius 1 is 0.667 bits per heavy atom. The highest BCUT2D eigenvalue weighted by atomic mass is 28.4. The molecule has 0 saturated carbocycles. The summed E-state index contributed by atoms with van der Waals surface area (Å²) in [5, 5.41) is 0. The van der Waals surface area contributed by atoms with Gasteiger partial charge in [0.15, 0.2) is 0 Å². The van der Waals surface area contributed by atoms with Gasteiger partial charge in [-0.15, -0.1) is 0 Å². The van der Waals surface area contributed by atoms with Crippen LogP contribution in [0.3, 0.4) is 0 Å². The van der Waals surface area contributed by atoms with Crippen molar-refractivity contribution in [3.63, 3.8) is 0 Å². The first-order valence-corrected chi connectivity index (χ1v) is 15.2. The van der Waals surface area contributed by atoms with Crippen LogP contribution in [0.5, 0.6) is 5.75 Å². The zero-order valence-corrected chi connectivity index (χ0v) is 21.9. The lowest BCUT2D eigenvalue weighted by atomic mass is 10.0. The fourth-order valence-electron chi connectivity index (χ4n) is 4.04. The first kappa shape index (κ1) is 27.2. The van der Waals surface area contributed by atoms with E-state index in [1.165, 1.54) is 94.6 Å². The largest absolute Gasteiger partial charge is 0.520 e. The zero-order valence-electron chi connectivity index (χ0n) is 20.9. The Morgan fingerprint density at radius 2 is 1.17 bits per heavy atom. The Bertz CT molecular complexity index is 540. The molecule has 0 fully saturated rings. The van der Waals surface area contributed by atoms with Crippen LogP contribution >= 0.6 is 0 Å². The molecular formula is C27H50O2Si. The van der Waals surface area contributed by atoms with Crippen LogP contribution in [-0.4, -0.2) is 15.2 Å². The Labute approximate surface area is 189 Å². The van der Waals surface area contributed by atoms with Crippen molar-refractivity contribution in [2.24, 2.45) is 0 Å².